The van der Waals surface area contributed by atoms with E-state index in [4.69, 9.17) is 4.74 Å². The maximum absolute atomic E-state index is 13.0. The molecular weight excluding hydrogens is 298 g/mol. The van der Waals surface area contributed by atoms with Crippen LogP contribution < -0.4 is 4.74 Å². The van der Waals surface area contributed by atoms with E-state index in [0.29, 0.717) is 22.6 Å². The number of para-hydroxylation sites is 1. The van der Waals surface area contributed by atoms with Crippen LogP contribution in [0.4, 0.5) is 8.78 Å². The summed E-state index contributed by atoms with van der Waals surface area (Å²) in [6.45, 7) is 4.15. The molecule has 0 atom stereocenters. The van der Waals surface area contributed by atoms with Crippen molar-refractivity contribution in [1.29, 1.82) is 0 Å². The average Bonchev–Trinajstić information content (AvgIpc) is 2.55. The van der Waals surface area contributed by atoms with Gasteiger partial charge >= 0.3 is 0 Å². The van der Waals surface area contributed by atoms with Gasteiger partial charge in [0.15, 0.2) is 5.82 Å². The van der Waals surface area contributed by atoms with Crippen molar-refractivity contribution in [2.24, 2.45) is 0 Å². The second kappa shape index (κ2) is 6.28. The summed E-state index contributed by atoms with van der Waals surface area (Å²) < 4.78 is 31.8. The van der Waals surface area contributed by atoms with Gasteiger partial charge in [-0.1, -0.05) is 38.1 Å². The Morgan fingerprint density at radius 2 is 1.74 bits per heavy atom. The number of ether oxygens (including phenoxy) is 1. The van der Waals surface area contributed by atoms with Gasteiger partial charge in [-0.2, -0.15) is 4.98 Å². The molecule has 0 aliphatic heterocycles. The minimum atomic E-state index is -2.75. The van der Waals surface area contributed by atoms with Crippen molar-refractivity contribution in [3.8, 4) is 11.6 Å². The Hall–Kier alpha value is -2.56. The first kappa shape index (κ1) is 15.3. The molecule has 1 aromatic heterocycles. The van der Waals surface area contributed by atoms with Crippen LogP contribution in [0.5, 0.6) is 11.6 Å². The molecule has 3 rings (SSSR count). The topological polar surface area (TPSA) is 35.0 Å². The number of fused-ring (bicyclic) bond motifs is 1. The van der Waals surface area contributed by atoms with Crippen molar-refractivity contribution < 1.29 is 13.5 Å². The molecule has 0 amide bonds. The smallest absolute Gasteiger partial charge is 0.297 e. The molecule has 0 radical (unpaired) electrons. The van der Waals surface area contributed by atoms with Crippen LogP contribution in [0.3, 0.4) is 0 Å². The first-order chi connectivity index (χ1) is 11.0. The van der Waals surface area contributed by atoms with Crippen LogP contribution in [-0.2, 0) is 0 Å². The molecule has 0 saturated heterocycles. The van der Waals surface area contributed by atoms with Crippen LogP contribution >= 0.6 is 0 Å². The van der Waals surface area contributed by atoms with E-state index in [0.717, 1.165) is 5.56 Å². The molecule has 5 heteroatoms. The molecule has 2 aromatic carbocycles. The summed E-state index contributed by atoms with van der Waals surface area (Å²) in [5.74, 6) is 0.531. The fourth-order valence-electron chi connectivity index (χ4n) is 2.29. The van der Waals surface area contributed by atoms with Crippen LogP contribution in [-0.4, -0.2) is 9.97 Å². The Balaban J connectivity index is 2.06. The highest BCUT2D eigenvalue weighted by molar-refractivity contribution is 5.83. The number of hydrogen-bond donors (Lipinski definition) is 0. The lowest BCUT2D eigenvalue weighted by molar-refractivity contribution is 0.140. The quantitative estimate of drug-likeness (QED) is 0.639. The zero-order valence-electron chi connectivity index (χ0n) is 12.8. The van der Waals surface area contributed by atoms with Crippen LogP contribution in [0.1, 0.15) is 37.6 Å². The second-order valence-corrected chi connectivity index (χ2v) is 5.53. The number of benzene rings is 2. The fraction of sp³-hybridized carbons (Fsp3) is 0.222. The van der Waals surface area contributed by atoms with Gasteiger partial charge in [-0.3, -0.25) is 0 Å². The van der Waals surface area contributed by atoms with Gasteiger partial charge < -0.3 is 4.74 Å². The van der Waals surface area contributed by atoms with E-state index >= 15 is 0 Å². The third kappa shape index (κ3) is 3.28. The predicted molar refractivity (Wildman–Crippen MR) is 85.1 cm³/mol. The summed E-state index contributed by atoms with van der Waals surface area (Å²) in [7, 11) is 0. The maximum atomic E-state index is 13.0. The summed E-state index contributed by atoms with van der Waals surface area (Å²) >= 11 is 0. The van der Waals surface area contributed by atoms with Crippen molar-refractivity contribution in [3.05, 3.63) is 59.9 Å². The zero-order chi connectivity index (χ0) is 16.4. The summed E-state index contributed by atoms with van der Waals surface area (Å²) in [6.07, 6.45) is -2.75. The average molecular weight is 314 g/mol. The molecule has 0 aliphatic carbocycles. The summed E-state index contributed by atoms with van der Waals surface area (Å²) in [4.78, 5) is 7.77. The van der Waals surface area contributed by atoms with Gasteiger partial charge in [-0.15, -0.1) is 0 Å². The highest BCUT2D eigenvalue weighted by Crippen LogP contribution is 2.30. The van der Waals surface area contributed by atoms with E-state index in [9.17, 15) is 8.78 Å². The first-order valence-electron chi connectivity index (χ1n) is 7.37. The Labute approximate surface area is 133 Å². The third-order valence-corrected chi connectivity index (χ3v) is 3.52. The normalized spacial score (nSPS) is 11.4. The first-order valence-corrected chi connectivity index (χ1v) is 7.37. The molecule has 3 aromatic rings. The van der Waals surface area contributed by atoms with Crippen molar-refractivity contribution in [1.82, 2.24) is 9.97 Å². The Morgan fingerprint density at radius 3 is 2.48 bits per heavy atom. The van der Waals surface area contributed by atoms with Gasteiger partial charge in [0, 0.05) is 0 Å². The fourth-order valence-corrected chi connectivity index (χ4v) is 2.29. The molecule has 0 unspecified atom stereocenters. The van der Waals surface area contributed by atoms with Crippen molar-refractivity contribution in [2.75, 3.05) is 0 Å². The lowest BCUT2D eigenvalue weighted by Gasteiger charge is -2.11. The number of halogens is 2. The molecular formula is C18H16F2N2O. The summed E-state index contributed by atoms with van der Waals surface area (Å²) in [5, 5.41) is 0.604. The monoisotopic (exact) mass is 314 g/mol. The van der Waals surface area contributed by atoms with E-state index in [1.54, 1.807) is 30.3 Å². The Bertz CT molecular complexity index is 834. The molecule has 0 fully saturated rings. The highest BCUT2D eigenvalue weighted by Gasteiger charge is 2.16. The number of hydrogen-bond acceptors (Lipinski definition) is 3. The van der Waals surface area contributed by atoms with E-state index in [2.05, 4.69) is 23.8 Å². The van der Waals surface area contributed by atoms with Crippen LogP contribution in [0.15, 0.2) is 48.5 Å². The molecule has 0 spiro atoms. The summed E-state index contributed by atoms with van der Waals surface area (Å²) in [6, 6.07) is 14.5. The minimum Gasteiger partial charge on any atom is -0.438 e. The van der Waals surface area contributed by atoms with Crippen LogP contribution in [0.25, 0.3) is 10.9 Å². The minimum absolute atomic E-state index is 0.145. The van der Waals surface area contributed by atoms with Gasteiger partial charge in [-0.25, -0.2) is 13.8 Å². The summed E-state index contributed by atoms with van der Waals surface area (Å²) in [5.41, 5.74) is 1.54. The Morgan fingerprint density at radius 1 is 0.957 bits per heavy atom. The second-order valence-electron chi connectivity index (χ2n) is 5.53. The van der Waals surface area contributed by atoms with E-state index in [1.807, 2.05) is 18.2 Å². The van der Waals surface area contributed by atoms with Gasteiger partial charge in [0.05, 0.1) is 10.9 Å². The van der Waals surface area contributed by atoms with E-state index in [1.165, 1.54) is 0 Å². The number of aromatic nitrogens is 2. The van der Waals surface area contributed by atoms with Crippen LogP contribution in [0.2, 0.25) is 0 Å². The maximum Gasteiger partial charge on any atom is 0.297 e. The van der Waals surface area contributed by atoms with E-state index in [-0.39, 0.29) is 5.88 Å². The molecule has 0 bridgehead atoms. The highest BCUT2D eigenvalue weighted by atomic mass is 19.3. The molecule has 3 nitrogen and oxygen atoms in total. The van der Waals surface area contributed by atoms with Crippen molar-refractivity contribution in [2.45, 2.75) is 26.2 Å². The molecule has 0 N–H and O–H groups in total. The number of nitrogens with zero attached hydrogens (tertiary/aromatic N) is 2. The predicted octanol–water partition coefficient (Wildman–Crippen LogP) is 5.48. The third-order valence-electron chi connectivity index (χ3n) is 3.52. The molecule has 118 valence electrons. The number of rotatable bonds is 4. The SMILES string of the molecule is CC(C)c1cccc(Oc2nc(C(F)F)nc3ccccc23)c1. The van der Waals surface area contributed by atoms with Gasteiger partial charge in [-0.05, 0) is 35.7 Å². The molecule has 0 aliphatic rings. The molecule has 1 heterocycles. The molecule has 0 saturated carbocycles. The Kier molecular flexibility index (Phi) is 4.19. The lowest BCUT2D eigenvalue weighted by Crippen LogP contribution is -2.00. The standard InChI is InChI=1S/C18H16F2N2O/c1-11(2)12-6-5-7-13(10-12)23-18-14-8-3-4-9-15(14)21-17(22-18)16(19)20/h3-11,16H,1-2H3. The van der Waals surface area contributed by atoms with Crippen molar-refractivity contribution >= 4 is 10.9 Å². The number of alkyl halides is 2. The van der Waals surface area contributed by atoms with Crippen LogP contribution in [0, 0.1) is 0 Å². The van der Waals surface area contributed by atoms with Gasteiger partial charge in [0.1, 0.15) is 5.75 Å². The largest absolute Gasteiger partial charge is 0.438 e. The molecule has 23 heavy (non-hydrogen) atoms. The van der Waals surface area contributed by atoms with Crippen molar-refractivity contribution in [3.63, 3.8) is 0 Å². The zero-order valence-corrected chi connectivity index (χ0v) is 12.8. The van der Waals surface area contributed by atoms with Gasteiger partial charge in [0.2, 0.25) is 5.88 Å². The van der Waals surface area contributed by atoms with Gasteiger partial charge in [0.25, 0.3) is 6.43 Å². The lowest BCUT2D eigenvalue weighted by atomic mass is 10.0. The van der Waals surface area contributed by atoms with E-state index < -0.39 is 12.2 Å².